The van der Waals surface area contributed by atoms with Crippen LogP contribution in [0.5, 0.6) is 0 Å². The molecule has 2 N–H and O–H groups in total. The molecule has 142 valence electrons. The lowest BCUT2D eigenvalue weighted by Crippen LogP contribution is -2.46. The van der Waals surface area contributed by atoms with Crippen LogP contribution in [0.1, 0.15) is 38.8 Å². The lowest BCUT2D eigenvalue weighted by molar-refractivity contribution is 0.265. The summed E-state index contributed by atoms with van der Waals surface area (Å²) in [5.74, 6) is 1.26. The molecule has 1 fully saturated rings. The van der Waals surface area contributed by atoms with E-state index in [2.05, 4.69) is 48.2 Å². The third kappa shape index (κ3) is 6.40. The summed E-state index contributed by atoms with van der Waals surface area (Å²) >= 11 is 0. The molecular weight excluding hydrogens is 430 g/mol. The maximum atomic E-state index is 13.4. The van der Waals surface area contributed by atoms with Crippen LogP contribution in [-0.2, 0) is 6.54 Å². The summed E-state index contributed by atoms with van der Waals surface area (Å²) < 4.78 is 13.4. The Hall–Kier alpha value is -0.890. The second kappa shape index (κ2) is 10.3. The van der Waals surface area contributed by atoms with Gasteiger partial charge in [-0.2, -0.15) is 0 Å². The van der Waals surface area contributed by atoms with Crippen LogP contribution < -0.4 is 10.6 Å². The van der Waals surface area contributed by atoms with Gasteiger partial charge in [-0.1, -0.05) is 19.1 Å². The van der Waals surface area contributed by atoms with Crippen molar-refractivity contribution < 1.29 is 4.39 Å². The molecule has 0 aliphatic carbocycles. The van der Waals surface area contributed by atoms with Crippen molar-refractivity contribution in [2.24, 2.45) is 10.9 Å². The van der Waals surface area contributed by atoms with Crippen molar-refractivity contribution in [3.63, 3.8) is 0 Å². The minimum Gasteiger partial charge on any atom is -0.357 e. The highest BCUT2D eigenvalue weighted by atomic mass is 127. The molecule has 1 aliphatic heterocycles. The number of likely N-dealkylation sites (tertiary alicyclic amines) is 1. The molecule has 6 heteroatoms. The Kier molecular flexibility index (Phi) is 9.13. The van der Waals surface area contributed by atoms with E-state index in [-0.39, 0.29) is 29.8 Å². The van der Waals surface area contributed by atoms with E-state index in [0.717, 1.165) is 31.2 Å². The summed E-state index contributed by atoms with van der Waals surface area (Å²) in [6, 6.07) is 6.15. The van der Waals surface area contributed by atoms with E-state index in [0.29, 0.717) is 30.1 Å². The molecule has 0 amide bonds. The van der Waals surface area contributed by atoms with E-state index in [9.17, 15) is 4.39 Å². The first kappa shape index (κ1) is 22.2. The molecule has 2 rings (SSSR count). The van der Waals surface area contributed by atoms with Crippen LogP contribution in [-0.4, -0.2) is 42.6 Å². The Balaban J connectivity index is 0.00000312. The number of guanidine groups is 1. The highest BCUT2D eigenvalue weighted by Gasteiger charge is 2.31. The Morgan fingerprint density at radius 3 is 2.64 bits per heavy atom. The predicted molar refractivity (Wildman–Crippen MR) is 114 cm³/mol. The summed E-state index contributed by atoms with van der Waals surface area (Å²) in [7, 11) is 0. The van der Waals surface area contributed by atoms with Gasteiger partial charge in [-0.25, -0.2) is 9.38 Å². The van der Waals surface area contributed by atoms with Crippen LogP contribution in [0.4, 0.5) is 4.39 Å². The van der Waals surface area contributed by atoms with Gasteiger partial charge in [0.25, 0.3) is 0 Å². The van der Waals surface area contributed by atoms with Gasteiger partial charge in [0.15, 0.2) is 5.96 Å². The molecule has 0 spiro atoms. The third-order valence-electron chi connectivity index (χ3n) is 4.68. The van der Waals surface area contributed by atoms with Gasteiger partial charge >= 0.3 is 0 Å². The first-order chi connectivity index (χ1) is 11.4. The molecule has 0 radical (unpaired) electrons. The smallest absolute Gasteiger partial charge is 0.191 e. The number of benzene rings is 1. The Morgan fingerprint density at radius 2 is 2.08 bits per heavy atom. The normalized spacial score (nSPS) is 21.3. The van der Waals surface area contributed by atoms with Crippen molar-refractivity contribution in [2.75, 3.05) is 19.6 Å². The maximum Gasteiger partial charge on any atom is 0.191 e. The topological polar surface area (TPSA) is 39.7 Å². The number of aliphatic imine (C=N–C) groups is 1. The standard InChI is InChI=1S/C19H31FN4.HI/c1-6-21-19(22-10-16-7-8-17(20)14(4)9-16)23-18-12-24(13(2)3)11-15(18)5;/h7-9,13,15,18H,6,10-12H2,1-5H3,(H2,21,22,23);1H. The molecule has 1 aromatic rings. The van der Waals surface area contributed by atoms with Gasteiger partial charge in [0, 0.05) is 31.7 Å². The quantitative estimate of drug-likeness (QED) is 0.400. The average molecular weight is 462 g/mol. The average Bonchev–Trinajstić information content (AvgIpc) is 2.90. The Bertz CT molecular complexity index is 577. The number of hydrogen-bond acceptors (Lipinski definition) is 2. The molecule has 4 nitrogen and oxygen atoms in total. The second-order valence-corrected chi connectivity index (χ2v) is 7.05. The van der Waals surface area contributed by atoms with Gasteiger partial charge in [0.1, 0.15) is 5.82 Å². The van der Waals surface area contributed by atoms with Gasteiger partial charge in [-0.15, -0.1) is 24.0 Å². The molecule has 2 unspecified atom stereocenters. The zero-order valence-electron chi connectivity index (χ0n) is 16.0. The van der Waals surface area contributed by atoms with Crippen LogP contribution in [0.25, 0.3) is 0 Å². The maximum absolute atomic E-state index is 13.4. The number of halogens is 2. The number of hydrogen-bond donors (Lipinski definition) is 2. The molecule has 0 saturated carbocycles. The molecule has 0 aromatic heterocycles. The fraction of sp³-hybridized carbons (Fsp3) is 0.632. The fourth-order valence-electron chi connectivity index (χ4n) is 3.08. The van der Waals surface area contributed by atoms with Crippen LogP contribution in [0.3, 0.4) is 0 Å². The zero-order valence-corrected chi connectivity index (χ0v) is 18.3. The molecule has 1 aliphatic rings. The van der Waals surface area contributed by atoms with Crippen LogP contribution in [0.15, 0.2) is 23.2 Å². The third-order valence-corrected chi connectivity index (χ3v) is 4.68. The largest absolute Gasteiger partial charge is 0.357 e. The van der Waals surface area contributed by atoms with E-state index < -0.39 is 0 Å². The van der Waals surface area contributed by atoms with Gasteiger partial charge in [-0.3, -0.25) is 4.90 Å². The monoisotopic (exact) mass is 462 g/mol. The van der Waals surface area contributed by atoms with Gasteiger partial charge in [-0.05, 0) is 50.8 Å². The molecule has 1 aromatic carbocycles. The number of rotatable bonds is 5. The molecule has 1 saturated heterocycles. The van der Waals surface area contributed by atoms with Crippen LogP contribution in [0, 0.1) is 18.7 Å². The van der Waals surface area contributed by atoms with Crippen molar-refractivity contribution in [1.82, 2.24) is 15.5 Å². The van der Waals surface area contributed by atoms with Crippen LogP contribution >= 0.6 is 24.0 Å². The SMILES string of the molecule is CCNC(=NCc1ccc(F)c(C)c1)NC1CN(C(C)C)CC1C.I. The summed E-state index contributed by atoms with van der Waals surface area (Å²) in [4.78, 5) is 7.17. The first-order valence-electron chi connectivity index (χ1n) is 8.94. The van der Waals surface area contributed by atoms with Gasteiger partial charge in [0.2, 0.25) is 0 Å². The number of aryl methyl sites for hydroxylation is 1. The highest BCUT2D eigenvalue weighted by Crippen LogP contribution is 2.18. The van der Waals surface area contributed by atoms with Gasteiger partial charge < -0.3 is 10.6 Å². The molecular formula is C19H32FIN4. The second-order valence-electron chi connectivity index (χ2n) is 7.05. The first-order valence-corrected chi connectivity index (χ1v) is 8.94. The minimum absolute atomic E-state index is 0. The number of nitrogens with one attached hydrogen (secondary N) is 2. The summed E-state index contributed by atoms with van der Waals surface area (Å²) in [5, 5.41) is 6.89. The van der Waals surface area contributed by atoms with Crippen molar-refractivity contribution in [2.45, 2.75) is 53.2 Å². The van der Waals surface area contributed by atoms with Crippen molar-refractivity contribution in [1.29, 1.82) is 0 Å². The van der Waals surface area contributed by atoms with Crippen LogP contribution in [0.2, 0.25) is 0 Å². The summed E-state index contributed by atoms with van der Waals surface area (Å²) in [6.07, 6.45) is 0. The molecule has 1 heterocycles. The van der Waals surface area contributed by atoms with E-state index in [4.69, 9.17) is 0 Å². The van der Waals surface area contributed by atoms with Gasteiger partial charge in [0.05, 0.1) is 6.54 Å². The molecule has 25 heavy (non-hydrogen) atoms. The summed E-state index contributed by atoms with van der Waals surface area (Å²) in [6.45, 7) is 14.1. The summed E-state index contributed by atoms with van der Waals surface area (Å²) in [5.41, 5.74) is 1.69. The lowest BCUT2D eigenvalue weighted by atomic mass is 10.1. The Morgan fingerprint density at radius 1 is 1.36 bits per heavy atom. The van der Waals surface area contributed by atoms with E-state index in [1.807, 2.05) is 6.07 Å². The molecule has 0 bridgehead atoms. The van der Waals surface area contributed by atoms with Crippen molar-refractivity contribution in [3.05, 3.63) is 35.1 Å². The van der Waals surface area contributed by atoms with Crippen molar-refractivity contribution in [3.8, 4) is 0 Å². The Labute approximate surface area is 168 Å². The highest BCUT2D eigenvalue weighted by molar-refractivity contribution is 14.0. The van der Waals surface area contributed by atoms with E-state index >= 15 is 0 Å². The fourth-order valence-corrected chi connectivity index (χ4v) is 3.08. The molecule has 2 atom stereocenters. The van der Waals surface area contributed by atoms with E-state index in [1.165, 1.54) is 6.07 Å². The number of nitrogens with zero attached hydrogens (tertiary/aromatic N) is 2. The zero-order chi connectivity index (χ0) is 17.7. The minimum atomic E-state index is -0.165. The lowest BCUT2D eigenvalue weighted by Gasteiger charge is -2.22. The predicted octanol–water partition coefficient (Wildman–Crippen LogP) is 3.54. The van der Waals surface area contributed by atoms with E-state index in [1.54, 1.807) is 13.0 Å². The van der Waals surface area contributed by atoms with Crippen molar-refractivity contribution >= 4 is 29.9 Å².